The first-order chi connectivity index (χ1) is 7.06. The average molecular weight is 212 g/mol. The molecule has 15 heavy (non-hydrogen) atoms. The highest BCUT2D eigenvalue weighted by atomic mass is 16.6. The molecule has 0 bridgehead atoms. The van der Waals surface area contributed by atoms with Crippen LogP contribution in [-0.2, 0) is 5.54 Å². The second-order valence-corrected chi connectivity index (χ2v) is 3.29. The van der Waals surface area contributed by atoms with Crippen LogP contribution in [0.5, 0.6) is 0 Å². The topological polar surface area (TPSA) is 96.5 Å². The van der Waals surface area contributed by atoms with Crippen LogP contribution in [0.15, 0.2) is 18.3 Å². The molecule has 0 aliphatic rings. The smallest absolute Gasteiger partial charge is 0.293 e. The normalized spacial score (nSPS) is 11.4. The van der Waals surface area contributed by atoms with Crippen LogP contribution in [0.4, 0.5) is 0 Å². The van der Waals surface area contributed by atoms with Gasteiger partial charge in [0.1, 0.15) is 13.2 Å². The van der Waals surface area contributed by atoms with Gasteiger partial charge in [0.25, 0.3) is 5.54 Å². The highest BCUT2D eigenvalue weighted by Gasteiger charge is 2.44. The second-order valence-electron chi connectivity index (χ2n) is 3.29. The van der Waals surface area contributed by atoms with Gasteiger partial charge in [0.2, 0.25) is 0 Å². The summed E-state index contributed by atoms with van der Waals surface area (Å²) in [6, 6.07) is 3.08. The molecule has 0 aliphatic heterocycles. The summed E-state index contributed by atoms with van der Waals surface area (Å²) in [7, 11) is 0. The van der Waals surface area contributed by atoms with E-state index >= 15 is 0 Å². The third-order valence-electron chi connectivity index (χ3n) is 2.32. The fraction of sp³-hybridized carbons (Fsp3) is 0.444. The summed E-state index contributed by atoms with van der Waals surface area (Å²) in [5, 5.41) is 28.9. The maximum atomic E-state index is 10.8. The molecule has 0 aliphatic carbocycles. The number of rotatable bonds is 4. The third kappa shape index (κ3) is 1.95. The molecule has 0 radical (unpaired) electrons. The van der Waals surface area contributed by atoms with Crippen molar-refractivity contribution in [1.82, 2.24) is 4.98 Å². The minimum absolute atomic E-state index is 0.197. The molecule has 0 saturated heterocycles. The molecule has 6 heteroatoms. The van der Waals surface area contributed by atoms with Crippen molar-refractivity contribution in [2.75, 3.05) is 13.2 Å². The van der Waals surface area contributed by atoms with Crippen LogP contribution in [-0.4, -0.2) is 33.3 Å². The van der Waals surface area contributed by atoms with Gasteiger partial charge in [-0.2, -0.15) is 0 Å². The lowest BCUT2D eigenvalue weighted by molar-refractivity contribution is -0.586. The highest BCUT2D eigenvalue weighted by molar-refractivity contribution is 5.20. The van der Waals surface area contributed by atoms with Crippen molar-refractivity contribution in [1.29, 1.82) is 0 Å². The van der Waals surface area contributed by atoms with Crippen LogP contribution in [0.25, 0.3) is 0 Å². The number of nitrogens with zero attached hydrogens (tertiary/aromatic N) is 2. The Morgan fingerprint density at radius 2 is 2.07 bits per heavy atom. The first kappa shape index (κ1) is 11.5. The fourth-order valence-corrected chi connectivity index (χ4v) is 1.20. The standard InChI is InChI=1S/C9H12N2O4/c1-7-2-3-8(4-10-7)9(5-12,6-13)11(14)15/h2-4,12-13H,5-6H2,1H3. The summed E-state index contributed by atoms with van der Waals surface area (Å²) >= 11 is 0. The Hall–Kier alpha value is -1.53. The molecule has 0 aromatic carbocycles. The molecule has 6 nitrogen and oxygen atoms in total. The van der Waals surface area contributed by atoms with Crippen LogP contribution < -0.4 is 0 Å². The van der Waals surface area contributed by atoms with E-state index in [0.717, 1.165) is 0 Å². The lowest BCUT2D eigenvalue weighted by Gasteiger charge is -2.20. The Balaban J connectivity index is 3.20. The predicted octanol–water partition coefficient (Wildman–Crippen LogP) is -0.153. The molecule has 0 atom stereocenters. The quantitative estimate of drug-likeness (QED) is 0.534. The largest absolute Gasteiger partial charge is 0.388 e. The number of hydrogen-bond acceptors (Lipinski definition) is 5. The first-order valence-corrected chi connectivity index (χ1v) is 4.36. The van der Waals surface area contributed by atoms with Crippen molar-refractivity contribution in [3.63, 3.8) is 0 Å². The molecular formula is C9H12N2O4. The monoisotopic (exact) mass is 212 g/mol. The van der Waals surface area contributed by atoms with E-state index in [0.29, 0.717) is 5.69 Å². The molecular weight excluding hydrogens is 200 g/mol. The fourth-order valence-electron chi connectivity index (χ4n) is 1.20. The average Bonchev–Trinajstić information content (AvgIpc) is 2.22. The van der Waals surface area contributed by atoms with Crippen LogP contribution in [0, 0.1) is 17.0 Å². The number of aliphatic hydroxyl groups excluding tert-OH is 2. The van der Waals surface area contributed by atoms with Crippen molar-refractivity contribution in [2.24, 2.45) is 0 Å². The summed E-state index contributed by atoms with van der Waals surface area (Å²) in [5.74, 6) is 0. The molecule has 82 valence electrons. The van der Waals surface area contributed by atoms with Gasteiger partial charge in [-0.05, 0) is 19.1 Å². The predicted molar refractivity (Wildman–Crippen MR) is 51.8 cm³/mol. The van der Waals surface area contributed by atoms with Crippen LogP contribution in [0.3, 0.4) is 0 Å². The lowest BCUT2D eigenvalue weighted by Crippen LogP contribution is -2.42. The van der Waals surface area contributed by atoms with E-state index in [9.17, 15) is 10.1 Å². The lowest BCUT2D eigenvalue weighted by atomic mass is 9.94. The first-order valence-electron chi connectivity index (χ1n) is 4.36. The van der Waals surface area contributed by atoms with E-state index in [-0.39, 0.29) is 5.56 Å². The van der Waals surface area contributed by atoms with E-state index < -0.39 is 23.7 Å². The van der Waals surface area contributed by atoms with E-state index in [1.165, 1.54) is 12.3 Å². The molecule has 0 spiro atoms. The van der Waals surface area contributed by atoms with Gasteiger partial charge in [0.05, 0.1) is 5.56 Å². The Morgan fingerprint density at radius 3 is 2.40 bits per heavy atom. The molecule has 0 unspecified atom stereocenters. The summed E-state index contributed by atoms with van der Waals surface area (Å²) in [4.78, 5) is 14.0. The summed E-state index contributed by atoms with van der Waals surface area (Å²) in [6.45, 7) is 0.220. The SMILES string of the molecule is Cc1ccc(C(CO)(CO)[N+](=O)[O-])cn1. The zero-order valence-corrected chi connectivity index (χ0v) is 8.25. The van der Waals surface area contributed by atoms with Crippen molar-refractivity contribution in [2.45, 2.75) is 12.5 Å². The zero-order chi connectivity index (χ0) is 11.5. The number of aryl methyl sites for hydroxylation is 1. The van der Waals surface area contributed by atoms with Crippen molar-refractivity contribution < 1.29 is 15.1 Å². The Kier molecular flexibility index (Phi) is 3.33. The maximum absolute atomic E-state index is 10.8. The van der Waals surface area contributed by atoms with Crippen molar-refractivity contribution in [3.8, 4) is 0 Å². The van der Waals surface area contributed by atoms with Crippen LogP contribution in [0.2, 0.25) is 0 Å². The molecule has 0 fully saturated rings. The summed E-state index contributed by atoms with van der Waals surface area (Å²) < 4.78 is 0. The van der Waals surface area contributed by atoms with Crippen molar-refractivity contribution in [3.05, 3.63) is 39.7 Å². The Bertz CT molecular complexity index is 346. The Morgan fingerprint density at radius 1 is 1.47 bits per heavy atom. The van der Waals surface area contributed by atoms with Gasteiger partial charge >= 0.3 is 0 Å². The van der Waals surface area contributed by atoms with Gasteiger partial charge in [0.15, 0.2) is 0 Å². The minimum atomic E-state index is -1.86. The second kappa shape index (κ2) is 4.33. The number of aliphatic hydroxyl groups is 2. The maximum Gasteiger partial charge on any atom is 0.293 e. The summed E-state index contributed by atoms with van der Waals surface area (Å²) in [5.41, 5.74) is -0.948. The van der Waals surface area contributed by atoms with Crippen LogP contribution in [0.1, 0.15) is 11.3 Å². The highest BCUT2D eigenvalue weighted by Crippen LogP contribution is 2.23. The van der Waals surface area contributed by atoms with E-state index in [4.69, 9.17) is 10.2 Å². The number of hydrogen-bond donors (Lipinski definition) is 2. The number of nitro groups is 1. The molecule has 1 rings (SSSR count). The van der Waals surface area contributed by atoms with E-state index in [1.54, 1.807) is 13.0 Å². The van der Waals surface area contributed by atoms with Gasteiger partial charge in [-0.15, -0.1) is 0 Å². The van der Waals surface area contributed by atoms with Crippen molar-refractivity contribution >= 4 is 0 Å². The molecule has 2 N–H and O–H groups in total. The van der Waals surface area contributed by atoms with Gasteiger partial charge in [0, 0.05) is 16.8 Å². The van der Waals surface area contributed by atoms with E-state index in [1.807, 2.05) is 0 Å². The van der Waals surface area contributed by atoms with Crippen LogP contribution >= 0.6 is 0 Å². The summed E-state index contributed by atoms with van der Waals surface area (Å²) in [6.07, 6.45) is 1.30. The molecule has 1 aromatic rings. The molecule has 1 heterocycles. The molecule has 1 aromatic heterocycles. The molecule has 0 amide bonds. The Labute approximate surface area is 86.4 Å². The van der Waals surface area contributed by atoms with Gasteiger partial charge in [-0.3, -0.25) is 15.1 Å². The van der Waals surface area contributed by atoms with Gasteiger partial charge < -0.3 is 10.2 Å². The number of aromatic nitrogens is 1. The third-order valence-corrected chi connectivity index (χ3v) is 2.32. The van der Waals surface area contributed by atoms with Gasteiger partial charge in [-0.25, -0.2) is 0 Å². The van der Waals surface area contributed by atoms with E-state index in [2.05, 4.69) is 4.98 Å². The minimum Gasteiger partial charge on any atom is -0.388 e. The number of pyridine rings is 1. The van der Waals surface area contributed by atoms with Gasteiger partial charge in [-0.1, -0.05) is 0 Å². The zero-order valence-electron chi connectivity index (χ0n) is 8.25. The molecule has 0 saturated carbocycles.